The molecule has 6 nitrogen and oxygen atoms in total. The number of piperazine rings is 1. The Morgan fingerprint density at radius 3 is 2.83 bits per heavy atom. The molecule has 1 saturated heterocycles. The molecule has 134 valence electrons. The molecule has 1 unspecified atom stereocenters. The molecule has 1 aliphatic heterocycles. The maximum absolute atomic E-state index is 12.2. The zero-order chi connectivity index (χ0) is 17.7. The highest BCUT2D eigenvalue weighted by Gasteiger charge is 2.29. The first-order chi connectivity index (χ1) is 11.2. The van der Waals surface area contributed by atoms with E-state index in [1.807, 2.05) is 14.1 Å². The molecule has 1 aliphatic rings. The summed E-state index contributed by atoms with van der Waals surface area (Å²) in [5, 5.41) is 2.77. The van der Waals surface area contributed by atoms with Gasteiger partial charge in [0, 0.05) is 38.3 Å². The summed E-state index contributed by atoms with van der Waals surface area (Å²) in [7, 11) is 4.01. The van der Waals surface area contributed by atoms with Gasteiger partial charge in [-0.1, -0.05) is 6.07 Å². The minimum Gasteiger partial charge on any atom is -0.468 e. The number of carbonyl (C=O) groups is 1. The predicted octanol–water partition coefficient (Wildman–Crippen LogP) is 0.998. The van der Waals surface area contributed by atoms with Crippen LogP contribution < -0.4 is 10.1 Å². The summed E-state index contributed by atoms with van der Waals surface area (Å²) in [6.45, 7) is 1.72. The number of aromatic nitrogens is 1. The Morgan fingerprint density at radius 1 is 1.38 bits per heavy atom. The van der Waals surface area contributed by atoms with E-state index in [2.05, 4.69) is 24.8 Å². The summed E-state index contributed by atoms with van der Waals surface area (Å²) in [5.74, 6) is -0.663. The number of hydrogen-bond donors (Lipinski definition) is 1. The van der Waals surface area contributed by atoms with E-state index in [0.717, 1.165) is 19.6 Å². The van der Waals surface area contributed by atoms with Gasteiger partial charge in [-0.2, -0.15) is 13.2 Å². The van der Waals surface area contributed by atoms with E-state index in [0.29, 0.717) is 6.54 Å². The molecule has 24 heavy (non-hydrogen) atoms. The van der Waals surface area contributed by atoms with Gasteiger partial charge in [-0.3, -0.25) is 9.69 Å². The van der Waals surface area contributed by atoms with Crippen molar-refractivity contribution in [3.8, 4) is 5.88 Å². The van der Waals surface area contributed by atoms with Gasteiger partial charge >= 0.3 is 6.18 Å². The lowest BCUT2D eigenvalue weighted by Crippen LogP contribution is -2.54. The highest BCUT2D eigenvalue weighted by atomic mass is 19.4. The van der Waals surface area contributed by atoms with E-state index >= 15 is 0 Å². The van der Waals surface area contributed by atoms with Crippen LogP contribution in [0.5, 0.6) is 5.88 Å². The van der Waals surface area contributed by atoms with Crippen molar-refractivity contribution in [2.24, 2.45) is 0 Å². The Balaban J connectivity index is 1.90. The van der Waals surface area contributed by atoms with Gasteiger partial charge in [0.2, 0.25) is 5.88 Å². The van der Waals surface area contributed by atoms with E-state index in [9.17, 15) is 18.0 Å². The van der Waals surface area contributed by atoms with Crippen LogP contribution in [0.2, 0.25) is 0 Å². The number of carbonyl (C=O) groups excluding carboxylic acids is 1. The Labute approximate surface area is 138 Å². The number of amides is 1. The van der Waals surface area contributed by atoms with Crippen molar-refractivity contribution in [1.29, 1.82) is 0 Å². The summed E-state index contributed by atoms with van der Waals surface area (Å²) in [5.41, 5.74) is 0.0292. The summed E-state index contributed by atoms with van der Waals surface area (Å²) < 4.78 is 41.0. The quantitative estimate of drug-likeness (QED) is 0.862. The Morgan fingerprint density at radius 2 is 2.12 bits per heavy atom. The second-order valence-electron chi connectivity index (χ2n) is 5.87. The number of nitrogens with zero attached hydrogens (tertiary/aromatic N) is 3. The number of alkyl halides is 3. The van der Waals surface area contributed by atoms with E-state index in [4.69, 9.17) is 0 Å². The number of halogens is 3. The minimum atomic E-state index is -4.45. The van der Waals surface area contributed by atoms with Crippen LogP contribution >= 0.6 is 0 Å². The zero-order valence-electron chi connectivity index (χ0n) is 13.6. The molecule has 0 saturated carbocycles. The van der Waals surface area contributed by atoms with Crippen molar-refractivity contribution in [2.45, 2.75) is 12.2 Å². The summed E-state index contributed by atoms with van der Waals surface area (Å²) in [6.07, 6.45) is -4.45. The molecule has 0 radical (unpaired) electrons. The number of hydrogen-bond acceptors (Lipinski definition) is 5. The number of pyridine rings is 1. The van der Waals surface area contributed by atoms with Crippen LogP contribution in [0.3, 0.4) is 0 Å². The van der Waals surface area contributed by atoms with Crippen molar-refractivity contribution in [3.63, 3.8) is 0 Å². The van der Waals surface area contributed by atoms with Gasteiger partial charge in [-0.15, -0.1) is 0 Å². The van der Waals surface area contributed by atoms with Crippen LogP contribution in [-0.4, -0.2) is 79.8 Å². The van der Waals surface area contributed by atoms with Gasteiger partial charge in [0.1, 0.15) is 5.69 Å². The van der Waals surface area contributed by atoms with E-state index < -0.39 is 18.7 Å². The number of likely N-dealkylation sites (N-methyl/N-ethyl adjacent to an activating group) is 2. The van der Waals surface area contributed by atoms with Gasteiger partial charge in [0.25, 0.3) is 5.91 Å². The molecule has 1 aromatic heterocycles. The van der Waals surface area contributed by atoms with Crippen LogP contribution in [0, 0.1) is 0 Å². The molecule has 9 heteroatoms. The maximum Gasteiger partial charge on any atom is 0.422 e. The molecular formula is C15H21F3N4O2. The molecule has 2 rings (SSSR count). The zero-order valence-corrected chi connectivity index (χ0v) is 13.6. The summed E-state index contributed by atoms with van der Waals surface area (Å²) in [4.78, 5) is 20.3. The van der Waals surface area contributed by atoms with Crippen molar-refractivity contribution in [2.75, 3.05) is 46.9 Å². The summed E-state index contributed by atoms with van der Waals surface area (Å²) >= 11 is 0. The number of rotatable bonds is 5. The third-order valence-corrected chi connectivity index (χ3v) is 3.82. The van der Waals surface area contributed by atoms with Crippen LogP contribution in [0.1, 0.15) is 10.5 Å². The number of nitrogens with one attached hydrogen (secondary N) is 1. The van der Waals surface area contributed by atoms with Crippen LogP contribution in [0.25, 0.3) is 0 Å². The molecule has 1 N–H and O–H groups in total. The maximum atomic E-state index is 12.2. The molecule has 0 spiro atoms. The molecule has 1 atom stereocenters. The second kappa shape index (κ2) is 7.80. The molecule has 1 aromatic rings. The third-order valence-electron chi connectivity index (χ3n) is 3.82. The van der Waals surface area contributed by atoms with E-state index in [1.165, 1.54) is 18.2 Å². The van der Waals surface area contributed by atoms with Crippen LogP contribution in [0.4, 0.5) is 13.2 Å². The van der Waals surface area contributed by atoms with Gasteiger partial charge in [-0.25, -0.2) is 4.98 Å². The van der Waals surface area contributed by atoms with Crippen molar-refractivity contribution in [1.82, 2.24) is 20.1 Å². The Bertz CT molecular complexity index is 568. The Kier molecular flexibility index (Phi) is 6.00. The molecular weight excluding hydrogens is 325 g/mol. The van der Waals surface area contributed by atoms with Gasteiger partial charge in [0.05, 0.1) is 0 Å². The largest absolute Gasteiger partial charge is 0.468 e. The molecule has 0 bridgehead atoms. The third kappa shape index (κ3) is 5.64. The fraction of sp³-hybridized carbons (Fsp3) is 0.600. The fourth-order valence-corrected chi connectivity index (χ4v) is 2.40. The monoisotopic (exact) mass is 346 g/mol. The average Bonchev–Trinajstić information content (AvgIpc) is 2.53. The lowest BCUT2D eigenvalue weighted by molar-refractivity contribution is -0.154. The second-order valence-corrected chi connectivity index (χ2v) is 5.87. The van der Waals surface area contributed by atoms with Gasteiger partial charge in [-0.05, 0) is 20.2 Å². The highest BCUT2D eigenvalue weighted by molar-refractivity contribution is 5.92. The first kappa shape index (κ1) is 18.5. The first-order valence-corrected chi connectivity index (χ1v) is 7.58. The van der Waals surface area contributed by atoms with Gasteiger partial charge < -0.3 is 15.0 Å². The first-order valence-electron chi connectivity index (χ1n) is 7.58. The molecule has 1 fully saturated rings. The number of ether oxygens (including phenoxy) is 1. The van der Waals surface area contributed by atoms with E-state index in [-0.39, 0.29) is 17.6 Å². The molecule has 1 amide bonds. The van der Waals surface area contributed by atoms with Crippen LogP contribution in [0.15, 0.2) is 18.2 Å². The Hall–Kier alpha value is -1.87. The van der Waals surface area contributed by atoms with Crippen molar-refractivity contribution >= 4 is 5.91 Å². The normalized spacial score (nSPS) is 20.0. The smallest absolute Gasteiger partial charge is 0.422 e. The van der Waals surface area contributed by atoms with Crippen molar-refractivity contribution < 1.29 is 22.7 Å². The molecule has 0 aliphatic carbocycles. The molecule has 2 heterocycles. The predicted molar refractivity (Wildman–Crippen MR) is 82.0 cm³/mol. The summed E-state index contributed by atoms with van der Waals surface area (Å²) in [6, 6.07) is 4.34. The minimum absolute atomic E-state index is 0.0292. The lowest BCUT2D eigenvalue weighted by atomic mass is 10.2. The van der Waals surface area contributed by atoms with Crippen LogP contribution in [-0.2, 0) is 0 Å². The van der Waals surface area contributed by atoms with Gasteiger partial charge in [0.15, 0.2) is 6.61 Å². The van der Waals surface area contributed by atoms with Crippen molar-refractivity contribution in [3.05, 3.63) is 23.9 Å². The average molecular weight is 346 g/mol. The standard InChI is InChI=1S/C15H21F3N4O2/c1-21-6-7-22(2)11(9-21)8-19-14(23)12-4-3-5-13(20-12)24-10-15(16,17)18/h3-5,11H,6-10H2,1-2H3,(H,19,23). The highest BCUT2D eigenvalue weighted by Crippen LogP contribution is 2.17. The van der Waals surface area contributed by atoms with E-state index in [1.54, 1.807) is 0 Å². The fourth-order valence-electron chi connectivity index (χ4n) is 2.40. The topological polar surface area (TPSA) is 57.7 Å². The molecule has 0 aromatic carbocycles. The SMILES string of the molecule is CN1CCN(C)C(CNC(=O)c2cccc(OCC(F)(F)F)n2)C1. The lowest BCUT2D eigenvalue weighted by Gasteiger charge is -2.37.